The summed E-state index contributed by atoms with van der Waals surface area (Å²) in [7, 11) is 3.11. The highest BCUT2D eigenvalue weighted by atomic mass is 16.6. The molecule has 1 aliphatic heterocycles. The molecule has 0 radical (unpaired) electrons. The Balaban J connectivity index is 1.73. The lowest BCUT2D eigenvalue weighted by molar-refractivity contribution is -0.384. The van der Waals surface area contributed by atoms with Crippen LogP contribution in [-0.4, -0.2) is 43.1 Å². The van der Waals surface area contributed by atoms with Crippen LogP contribution in [0, 0.1) is 10.1 Å². The predicted molar refractivity (Wildman–Crippen MR) is 113 cm³/mol. The van der Waals surface area contributed by atoms with E-state index in [4.69, 9.17) is 4.74 Å². The Hall–Kier alpha value is -3.29. The summed E-state index contributed by atoms with van der Waals surface area (Å²) >= 11 is 0. The molecule has 2 amide bonds. The number of carbonyl (C=O) groups is 1. The minimum absolute atomic E-state index is 0.136. The van der Waals surface area contributed by atoms with Crippen LogP contribution < -0.4 is 15.0 Å². The van der Waals surface area contributed by atoms with E-state index in [0.717, 1.165) is 24.3 Å². The van der Waals surface area contributed by atoms with E-state index in [0.29, 0.717) is 12.3 Å². The van der Waals surface area contributed by atoms with Gasteiger partial charge in [0.15, 0.2) is 0 Å². The SMILES string of the molecule is COc1ccc(NC(=O)N(C)Cc2ccccc2N2CCCCC2)c([N+](=O)[O-])c1. The van der Waals surface area contributed by atoms with E-state index in [9.17, 15) is 14.9 Å². The highest BCUT2D eigenvalue weighted by Crippen LogP contribution is 2.30. The summed E-state index contributed by atoms with van der Waals surface area (Å²) in [6, 6.07) is 12.0. The van der Waals surface area contributed by atoms with E-state index in [-0.39, 0.29) is 11.4 Å². The second-order valence-electron chi connectivity index (χ2n) is 7.10. The molecule has 2 aromatic carbocycles. The molecule has 1 heterocycles. The number of nitrogens with one attached hydrogen (secondary N) is 1. The standard InChI is InChI=1S/C21H26N4O4/c1-23(15-16-8-4-5-9-19(16)24-12-6-3-7-13-24)21(26)22-18-11-10-17(29-2)14-20(18)25(27)28/h4-5,8-11,14H,3,6-7,12-13,15H2,1-2H3,(H,22,26). The molecule has 29 heavy (non-hydrogen) atoms. The van der Waals surface area contributed by atoms with Crippen molar-refractivity contribution < 1.29 is 14.5 Å². The molecular formula is C21H26N4O4. The zero-order chi connectivity index (χ0) is 20.8. The van der Waals surface area contributed by atoms with Crippen molar-refractivity contribution in [1.29, 1.82) is 0 Å². The molecule has 8 nitrogen and oxygen atoms in total. The van der Waals surface area contributed by atoms with Gasteiger partial charge in [-0.2, -0.15) is 0 Å². The third-order valence-electron chi connectivity index (χ3n) is 5.09. The number of hydrogen-bond acceptors (Lipinski definition) is 5. The summed E-state index contributed by atoms with van der Waals surface area (Å²) in [5, 5.41) is 14.0. The Bertz CT molecular complexity index is 881. The van der Waals surface area contributed by atoms with Gasteiger partial charge in [-0.3, -0.25) is 10.1 Å². The number of anilines is 2. The first-order valence-corrected chi connectivity index (χ1v) is 9.67. The number of nitro groups is 1. The lowest BCUT2D eigenvalue weighted by Gasteiger charge is -2.31. The van der Waals surface area contributed by atoms with Gasteiger partial charge in [0.25, 0.3) is 5.69 Å². The Morgan fingerprint density at radius 1 is 1.21 bits per heavy atom. The number of piperidine rings is 1. The maximum absolute atomic E-state index is 12.7. The van der Waals surface area contributed by atoms with Crippen LogP contribution in [-0.2, 0) is 6.54 Å². The van der Waals surface area contributed by atoms with Gasteiger partial charge in [0.1, 0.15) is 11.4 Å². The van der Waals surface area contributed by atoms with Crippen LogP contribution >= 0.6 is 0 Å². The zero-order valence-electron chi connectivity index (χ0n) is 16.8. The highest BCUT2D eigenvalue weighted by Gasteiger charge is 2.20. The van der Waals surface area contributed by atoms with E-state index >= 15 is 0 Å². The third-order valence-corrected chi connectivity index (χ3v) is 5.09. The fourth-order valence-corrected chi connectivity index (χ4v) is 3.52. The predicted octanol–water partition coefficient (Wildman–Crippen LogP) is 4.26. The van der Waals surface area contributed by atoms with Gasteiger partial charge in [-0.15, -0.1) is 0 Å². The van der Waals surface area contributed by atoms with Crippen molar-refractivity contribution in [3.63, 3.8) is 0 Å². The van der Waals surface area contributed by atoms with E-state index in [1.165, 1.54) is 43.4 Å². The van der Waals surface area contributed by atoms with Crippen molar-refractivity contribution in [2.45, 2.75) is 25.8 Å². The van der Waals surface area contributed by atoms with Crippen LogP contribution in [0.1, 0.15) is 24.8 Å². The molecule has 2 aromatic rings. The second kappa shape index (κ2) is 9.27. The molecule has 1 aliphatic rings. The minimum atomic E-state index is -0.538. The van der Waals surface area contributed by atoms with Crippen LogP contribution in [0.25, 0.3) is 0 Å². The smallest absolute Gasteiger partial charge is 0.322 e. The number of rotatable bonds is 6. The molecule has 0 atom stereocenters. The Labute approximate surface area is 170 Å². The number of nitrogens with zero attached hydrogens (tertiary/aromatic N) is 3. The van der Waals surface area contributed by atoms with Crippen LogP contribution in [0.4, 0.5) is 21.9 Å². The third kappa shape index (κ3) is 4.96. The van der Waals surface area contributed by atoms with Crippen molar-refractivity contribution in [1.82, 2.24) is 4.90 Å². The number of nitro benzene ring substituents is 1. The van der Waals surface area contributed by atoms with E-state index in [1.54, 1.807) is 13.1 Å². The number of para-hydroxylation sites is 1. The molecule has 1 N–H and O–H groups in total. The van der Waals surface area contributed by atoms with E-state index in [1.807, 2.05) is 18.2 Å². The molecule has 0 saturated carbocycles. The molecule has 1 saturated heterocycles. The van der Waals surface area contributed by atoms with Gasteiger partial charge in [0.2, 0.25) is 0 Å². The molecular weight excluding hydrogens is 372 g/mol. The van der Waals surface area contributed by atoms with Gasteiger partial charge < -0.3 is 19.9 Å². The monoisotopic (exact) mass is 398 g/mol. The zero-order valence-corrected chi connectivity index (χ0v) is 16.8. The molecule has 3 rings (SSSR count). The Morgan fingerprint density at radius 3 is 2.62 bits per heavy atom. The molecule has 154 valence electrons. The highest BCUT2D eigenvalue weighted by molar-refractivity contribution is 5.92. The van der Waals surface area contributed by atoms with Gasteiger partial charge in [-0.1, -0.05) is 18.2 Å². The van der Waals surface area contributed by atoms with E-state index in [2.05, 4.69) is 16.3 Å². The average Bonchev–Trinajstić information content (AvgIpc) is 2.74. The molecule has 0 aromatic heterocycles. The average molecular weight is 398 g/mol. The summed E-state index contributed by atoms with van der Waals surface area (Å²) in [5.41, 5.74) is 2.12. The topological polar surface area (TPSA) is 88.0 Å². The normalized spacial score (nSPS) is 13.7. The molecule has 0 spiro atoms. The van der Waals surface area contributed by atoms with Gasteiger partial charge in [0.05, 0.1) is 18.1 Å². The first-order valence-electron chi connectivity index (χ1n) is 9.67. The summed E-state index contributed by atoms with van der Waals surface area (Å²) in [6.07, 6.45) is 3.60. The summed E-state index contributed by atoms with van der Waals surface area (Å²) < 4.78 is 5.03. The minimum Gasteiger partial charge on any atom is -0.496 e. The lowest BCUT2D eigenvalue weighted by Crippen LogP contribution is -2.33. The number of carbonyl (C=O) groups excluding carboxylic acids is 1. The molecule has 0 unspecified atom stereocenters. The number of amides is 2. The first kappa shape index (κ1) is 20.4. The Morgan fingerprint density at radius 2 is 1.93 bits per heavy atom. The molecule has 0 aliphatic carbocycles. The number of ether oxygens (including phenoxy) is 1. The number of benzene rings is 2. The summed E-state index contributed by atoms with van der Waals surface area (Å²) in [5.74, 6) is 0.360. The quantitative estimate of drug-likeness (QED) is 0.580. The van der Waals surface area contributed by atoms with Crippen molar-refractivity contribution in [2.75, 3.05) is 37.5 Å². The largest absolute Gasteiger partial charge is 0.496 e. The summed E-state index contributed by atoms with van der Waals surface area (Å²) in [4.78, 5) is 27.4. The number of methoxy groups -OCH3 is 1. The van der Waals surface area contributed by atoms with Crippen molar-refractivity contribution in [2.24, 2.45) is 0 Å². The number of hydrogen-bond donors (Lipinski definition) is 1. The fourth-order valence-electron chi connectivity index (χ4n) is 3.52. The van der Waals surface area contributed by atoms with Crippen LogP contribution in [0.15, 0.2) is 42.5 Å². The van der Waals surface area contributed by atoms with Crippen molar-refractivity contribution in [3.05, 3.63) is 58.1 Å². The first-order chi connectivity index (χ1) is 14.0. The van der Waals surface area contributed by atoms with Crippen LogP contribution in [0.5, 0.6) is 5.75 Å². The number of urea groups is 1. The van der Waals surface area contributed by atoms with Gasteiger partial charge >= 0.3 is 6.03 Å². The maximum Gasteiger partial charge on any atom is 0.322 e. The van der Waals surface area contributed by atoms with Gasteiger partial charge in [-0.05, 0) is 43.0 Å². The van der Waals surface area contributed by atoms with E-state index < -0.39 is 11.0 Å². The maximum atomic E-state index is 12.7. The van der Waals surface area contributed by atoms with Crippen molar-refractivity contribution in [3.8, 4) is 5.75 Å². The van der Waals surface area contributed by atoms with Gasteiger partial charge in [0, 0.05) is 32.4 Å². The van der Waals surface area contributed by atoms with Gasteiger partial charge in [-0.25, -0.2) is 4.79 Å². The second-order valence-corrected chi connectivity index (χ2v) is 7.10. The fraction of sp³-hybridized carbons (Fsp3) is 0.381. The molecule has 1 fully saturated rings. The summed E-state index contributed by atoms with van der Waals surface area (Å²) in [6.45, 7) is 2.44. The Kier molecular flexibility index (Phi) is 6.54. The van der Waals surface area contributed by atoms with Crippen LogP contribution in [0.2, 0.25) is 0 Å². The molecule has 0 bridgehead atoms. The van der Waals surface area contributed by atoms with Crippen molar-refractivity contribution >= 4 is 23.1 Å². The molecule has 8 heteroatoms. The van der Waals surface area contributed by atoms with Crippen LogP contribution in [0.3, 0.4) is 0 Å². The lowest BCUT2D eigenvalue weighted by atomic mass is 10.1.